The number of aromatic nitrogens is 3. The van der Waals surface area contributed by atoms with Crippen LogP contribution in [0.25, 0.3) is 22.2 Å². The molecule has 0 unspecified atom stereocenters. The lowest BCUT2D eigenvalue weighted by molar-refractivity contribution is -0.0499. The van der Waals surface area contributed by atoms with Crippen molar-refractivity contribution in [3.8, 4) is 17.1 Å². The molecule has 5 aromatic rings. The third-order valence-corrected chi connectivity index (χ3v) is 7.33. The Balaban J connectivity index is 1.24. The average Bonchev–Trinajstić information content (AvgIpc) is 3.27. The maximum Gasteiger partial charge on any atom is 0.335 e. The molecule has 1 aliphatic rings. The van der Waals surface area contributed by atoms with E-state index in [9.17, 15) is 14.3 Å². The van der Waals surface area contributed by atoms with Crippen molar-refractivity contribution >= 4 is 28.5 Å². The molecule has 1 aliphatic heterocycles. The molecular weight excluding hydrogens is 552 g/mol. The second-order valence-electron chi connectivity index (χ2n) is 9.82. The summed E-state index contributed by atoms with van der Waals surface area (Å²) in [5.74, 6) is -1.65. The topological polar surface area (TPSA) is 86.5 Å². The lowest BCUT2D eigenvalue weighted by Gasteiger charge is -2.26. The summed E-state index contributed by atoms with van der Waals surface area (Å²) in [7, 11) is 0. The number of aromatic carboxylic acids is 1. The van der Waals surface area contributed by atoms with Gasteiger partial charge in [0.2, 0.25) is 5.88 Å². The largest absolute Gasteiger partial charge is 0.478 e. The number of fused-ring (bicyclic) bond motifs is 1. The van der Waals surface area contributed by atoms with Gasteiger partial charge in [0.25, 0.3) is 0 Å². The number of carboxylic acid groups (broad SMARTS) is 1. The van der Waals surface area contributed by atoms with Crippen LogP contribution in [-0.4, -0.2) is 38.6 Å². The number of pyridine rings is 1. The highest BCUT2D eigenvalue weighted by Crippen LogP contribution is 2.28. The summed E-state index contributed by atoms with van der Waals surface area (Å²) in [5, 5.41) is 15.1. The Bertz CT molecular complexity index is 1770. The first-order valence-corrected chi connectivity index (χ1v) is 13.4. The number of ether oxygens (including phenoxy) is 2. The van der Waals surface area contributed by atoms with Gasteiger partial charge in [0.1, 0.15) is 18.2 Å². The zero-order valence-corrected chi connectivity index (χ0v) is 22.4. The number of hydrogen-bond acceptors (Lipinski definition) is 5. The van der Waals surface area contributed by atoms with Crippen molar-refractivity contribution in [2.75, 3.05) is 6.61 Å². The molecule has 3 aromatic carbocycles. The monoisotopic (exact) mass is 575 g/mol. The standard InChI is InChI=1S/C31H24ClF2N3O4/c32-22-8-6-21(26(34)14-22)17-41-30-3-1-2-27(35-30)18-4-5-20(25(33)13-18)16-37-29(15-23-10-11-40-23)24-12-19(31(38)39)7-9-28(24)36-37/h1-9,12-14,23H,10-11,15-17H2,(H,38,39)/t23-/m0/s1. The number of carboxylic acids is 1. The highest BCUT2D eigenvalue weighted by Gasteiger charge is 2.24. The molecule has 3 heterocycles. The second-order valence-corrected chi connectivity index (χ2v) is 10.3. The first kappa shape index (κ1) is 26.9. The molecule has 0 saturated carbocycles. The van der Waals surface area contributed by atoms with E-state index in [0.717, 1.165) is 17.5 Å². The third kappa shape index (κ3) is 5.77. The minimum atomic E-state index is -1.02. The van der Waals surface area contributed by atoms with Gasteiger partial charge in [-0.1, -0.05) is 35.9 Å². The molecule has 6 rings (SSSR count). The van der Waals surface area contributed by atoms with Gasteiger partial charge in [-0.05, 0) is 48.9 Å². The lowest BCUT2D eigenvalue weighted by Crippen LogP contribution is -2.30. The fourth-order valence-corrected chi connectivity index (χ4v) is 4.93. The van der Waals surface area contributed by atoms with Crippen molar-refractivity contribution in [1.29, 1.82) is 0 Å². The summed E-state index contributed by atoms with van der Waals surface area (Å²) in [6, 6.07) is 19.1. The van der Waals surface area contributed by atoms with Crippen molar-refractivity contribution in [3.63, 3.8) is 0 Å². The van der Waals surface area contributed by atoms with Crippen LogP contribution >= 0.6 is 11.6 Å². The molecule has 41 heavy (non-hydrogen) atoms. The third-order valence-electron chi connectivity index (χ3n) is 7.09. The molecule has 0 radical (unpaired) electrons. The predicted molar refractivity (Wildman–Crippen MR) is 149 cm³/mol. The normalized spacial score (nSPS) is 14.7. The van der Waals surface area contributed by atoms with Crippen molar-refractivity contribution in [2.24, 2.45) is 0 Å². The molecule has 7 nitrogen and oxygen atoms in total. The first-order chi connectivity index (χ1) is 19.8. The molecule has 0 aliphatic carbocycles. The SMILES string of the molecule is O=C(O)c1ccc2nn(Cc3ccc(-c4cccc(OCc5ccc(Cl)cc5F)n4)cc3F)c(C[C@@H]3CCO3)c2c1. The van der Waals surface area contributed by atoms with Crippen LogP contribution in [0.4, 0.5) is 8.78 Å². The van der Waals surface area contributed by atoms with E-state index in [0.29, 0.717) is 46.0 Å². The first-order valence-electron chi connectivity index (χ1n) is 13.0. The van der Waals surface area contributed by atoms with Gasteiger partial charge in [0.15, 0.2) is 0 Å². The Kier molecular flexibility index (Phi) is 7.38. The highest BCUT2D eigenvalue weighted by molar-refractivity contribution is 6.30. The Hall–Kier alpha value is -4.34. The second kappa shape index (κ2) is 11.3. The van der Waals surface area contributed by atoms with Gasteiger partial charge in [-0.2, -0.15) is 5.10 Å². The van der Waals surface area contributed by atoms with E-state index in [1.807, 2.05) is 0 Å². The maximum absolute atomic E-state index is 15.4. The van der Waals surface area contributed by atoms with Gasteiger partial charge < -0.3 is 14.6 Å². The summed E-state index contributed by atoms with van der Waals surface area (Å²) in [6.45, 7) is 0.813. The quantitative estimate of drug-likeness (QED) is 0.211. The fourth-order valence-electron chi connectivity index (χ4n) is 4.77. The Labute approximate surface area is 238 Å². The van der Waals surface area contributed by atoms with Gasteiger partial charge >= 0.3 is 5.97 Å². The van der Waals surface area contributed by atoms with E-state index in [2.05, 4.69) is 10.1 Å². The van der Waals surface area contributed by atoms with Crippen LogP contribution in [0.15, 0.2) is 72.8 Å². The van der Waals surface area contributed by atoms with E-state index < -0.39 is 17.6 Å². The molecule has 1 N–H and O–H groups in total. The number of nitrogens with zero attached hydrogens (tertiary/aromatic N) is 3. The van der Waals surface area contributed by atoms with Crippen LogP contribution in [-0.2, 0) is 24.3 Å². The summed E-state index contributed by atoms with van der Waals surface area (Å²) >= 11 is 5.81. The van der Waals surface area contributed by atoms with E-state index in [1.165, 1.54) is 18.2 Å². The number of carbonyl (C=O) groups is 1. The molecule has 2 aromatic heterocycles. The zero-order valence-electron chi connectivity index (χ0n) is 21.7. The lowest BCUT2D eigenvalue weighted by atomic mass is 10.0. The summed E-state index contributed by atoms with van der Waals surface area (Å²) < 4.78 is 42.5. The predicted octanol–water partition coefficient (Wildman–Crippen LogP) is 6.69. The van der Waals surface area contributed by atoms with Crippen LogP contribution in [0.1, 0.15) is 33.6 Å². The molecule has 0 bridgehead atoms. The van der Waals surface area contributed by atoms with Crippen LogP contribution in [0, 0.1) is 11.6 Å². The number of rotatable bonds is 9. The van der Waals surface area contributed by atoms with Crippen molar-refractivity contribution in [1.82, 2.24) is 14.8 Å². The Morgan fingerprint density at radius 1 is 1.05 bits per heavy atom. The smallest absolute Gasteiger partial charge is 0.335 e. The van der Waals surface area contributed by atoms with Crippen molar-refractivity contribution < 1.29 is 28.2 Å². The van der Waals surface area contributed by atoms with E-state index in [4.69, 9.17) is 21.1 Å². The number of halogens is 3. The summed E-state index contributed by atoms with van der Waals surface area (Å²) in [5.41, 5.74) is 3.42. The molecule has 208 valence electrons. The highest BCUT2D eigenvalue weighted by atomic mass is 35.5. The van der Waals surface area contributed by atoms with Crippen LogP contribution in [0.5, 0.6) is 5.88 Å². The van der Waals surface area contributed by atoms with Crippen molar-refractivity contribution in [2.45, 2.75) is 32.1 Å². The average molecular weight is 576 g/mol. The van der Waals surface area contributed by atoms with Gasteiger partial charge in [-0.3, -0.25) is 4.68 Å². The van der Waals surface area contributed by atoms with Crippen LogP contribution < -0.4 is 4.74 Å². The molecule has 10 heteroatoms. The van der Waals surface area contributed by atoms with Gasteiger partial charge in [0, 0.05) is 51.9 Å². The minimum Gasteiger partial charge on any atom is -0.478 e. The number of hydrogen-bond donors (Lipinski definition) is 1. The van der Waals surface area contributed by atoms with Crippen LogP contribution in [0.2, 0.25) is 5.02 Å². The molecule has 0 amide bonds. The van der Waals surface area contributed by atoms with Crippen LogP contribution in [0.3, 0.4) is 0 Å². The van der Waals surface area contributed by atoms with Crippen molar-refractivity contribution in [3.05, 3.63) is 112 Å². The molecule has 0 spiro atoms. The fraction of sp³-hybridized carbons (Fsp3) is 0.194. The molecule has 1 saturated heterocycles. The Morgan fingerprint density at radius 2 is 1.85 bits per heavy atom. The molecular formula is C31H24ClF2N3O4. The Morgan fingerprint density at radius 3 is 2.59 bits per heavy atom. The molecule has 1 atom stereocenters. The summed E-state index contributed by atoms with van der Waals surface area (Å²) in [4.78, 5) is 16.0. The van der Waals surface area contributed by atoms with E-state index in [1.54, 1.807) is 59.3 Å². The molecule has 1 fully saturated rings. The van der Waals surface area contributed by atoms with E-state index in [-0.39, 0.29) is 30.7 Å². The minimum absolute atomic E-state index is 0.0195. The van der Waals surface area contributed by atoms with Gasteiger partial charge in [-0.15, -0.1) is 0 Å². The number of benzene rings is 3. The van der Waals surface area contributed by atoms with Gasteiger partial charge in [-0.25, -0.2) is 18.6 Å². The van der Waals surface area contributed by atoms with E-state index >= 15 is 4.39 Å². The summed E-state index contributed by atoms with van der Waals surface area (Å²) in [6.07, 6.45) is 1.47. The maximum atomic E-state index is 15.4. The zero-order chi connectivity index (χ0) is 28.5. The van der Waals surface area contributed by atoms with Gasteiger partial charge in [0.05, 0.1) is 29.4 Å².